The Bertz CT molecular complexity index is 1730. The van der Waals surface area contributed by atoms with Crippen molar-refractivity contribution in [3.8, 4) is 23.0 Å². The molecule has 6 aromatic rings. The van der Waals surface area contributed by atoms with E-state index in [9.17, 15) is 20.4 Å². The summed E-state index contributed by atoms with van der Waals surface area (Å²) < 4.78 is 0. The molecule has 222 valence electrons. The van der Waals surface area contributed by atoms with E-state index in [0.29, 0.717) is 17.7 Å². The Labute approximate surface area is 256 Å². The Morgan fingerprint density at radius 2 is 0.864 bits per heavy atom. The highest BCUT2D eigenvalue weighted by atomic mass is 16.3. The number of hydrogen-bond donors (Lipinski definition) is 5. The van der Waals surface area contributed by atoms with E-state index in [4.69, 9.17) is 5.11 Å². The molecular weight excluding hydrogens is 552 g/mol. The molecule has 0 unspecified atom stereocenters. The molecule has 44 heavy (non-hydrogen) atoms. The average Bonchev–Trinajstić information content (AvgIpc) is 3.06. The van der Waals surface area contributed by atoms with Crippen LogP contribution in [0.15, 0.2) is 131 Å². The number of aliphatic imine (C=N–C) groups is 2. The monoisotopic (exact) mass is 586 g/mol. The second kappa shape index (κ2) is 15.5. The van der Waals surface area contributed by atoms with Crippen molar-refractivity contribution < 1.29 is 25.5 Å². The van der Waals surface area contributed by atoms with Gasteiger partial charge >= 0.3 is 0 Å². The first kappa shape index (κ1) is 31.3. The first-order chi connectivity index (χ1) is 21.4. The number of aliphatic hydroxyl groups is 1. The first-order valence-electron chi connectivity index (χ1n) is 14.1. The van der Waals surface area contributed by atoms with Gasteiger partial charge in [0.05, 0.1) is 11.4 Å². The molecule has 0 saturated carbocycles. The number of benzene rings is 6. The summed E-state index contributed by atoms with van der Waals surface area (Å²) in [6.45, 7) is 2.25. The number of nitrogens with zero attached hydrogens (tertiary/aromatic N) is 2. The zero-order chi connectivity index (χ0) is 31.3. The lowest BCUT2D eigenvalue weighted by Crippen LogP contribution is -1.85. The van der Waals surface area contributed by atoms with E-state index >= 15 is 0 Å². The van der Waals surface area contributed by atoms with Gasteiger partial charge in [-0.3, -0.25) is 9.98 Å². The molecule has 0 spiro atoms. The standard InChI is InChI=1S/2C17H13NO2.C3H8O/c2*19-14-8-6-13(7-9-14)18-11-16-15-4-2-1-3-12(15)5-10-17(16)20;1-2-3-4/h2*1-11,19-20H;4H,2-3H2,1H3. The molecule has 0 aliphatic carbocycles. The summed E-state index contributed by atoms with van der Waals surface area (Å²) in [6, 6.07) is 35.9. The second-order valence-corrected chi connectivity index (χ2v) is 9.71. The molecule has 0 aliphatic rings. The highest BCUT2D eigenvalue weighted by Gasteiger charge is 2.05. The van der Waals surface area contributed by atoms with Gasteiger partial charge in [-0.2, -0.15) is 0 Å². The summed E-state index contributed by atoms with van der Waals surface area (Å²) in [5.74, 6) is 0.811. The summed E-state index contributed by atoms with van der Waals surface area (Å²) in [7, 11) is 0. The number of hydrogen-bond acceptors (Lipinski definition) is 7. The van der Waals surface area contributed by atoms with Crippen LogP contribution in [-0.4, -0.2) is 44.6 Å². The fourth-order valence-corrected chi connectivity index (χ4v) is 4.20. The number of phenols is 4. The molecule has 0 saturated heterocycles. The van der Waals surface area contributed by atoms with Gasteiger partial charge in [-0.1, -0.05) is 67.6 Å². The van der Waals surface area contributed by atoms with E-state index in [1.807, 2.05) is 67.6 Å². The van der Waals surface area contributed by atoms with Crippen LogP contribution in [-0.2, 0) is 0 Å². The number of fused-ring (bicyclic) bond motifs is 2. The van der Waals surface area contributed by atoms with Crippen LogP contribution < -0.4 is 0 Å². The van der Waals surface area contributed by atoms with Crippen molar-refractivity contribution in [3.63, 3.8) is 0 Å². The third-order valence-electron chi connectivity index (χ3n) is 6.50. The smallest absolute Gasteiger partial charge is 0.124 e. The Morgan fingerprint density at radius 3 is 1.23 bits per heavy atom. The van der Waals surface area contributed by atoms with Crippen molar-refractivity contribution in [2.24, 2.45) is 9.98 Å². The van der Waals surface area contributed by atoms with Gasteiger partial charge < -0.3 is 25.5 Å². The molecule has 6 aromatic carbocycles. The summed E-state index contributed by atoms with van der Waals surface area (Å²) in [5, 5.41) is 50.4. The molecule has 0 aliphatic heterocycles. The zero-order valence-electron chi connectivity index (χ0n) is 24.2. The number of aromatic hydroxyl groups is 4. The third-order valence-corrected chi connectivity index (χ3v) is 6.50. The van der Waals surface area contributed by atoms with Gasteiger partial charge in [-0.15, -0.1) is 0 Å². The normalized spacial score (nSPS) is 10.9. The summed E-state index contributed by atoms with van der Waals surface area (Å²) in [6.07, 6.45) is 4.16. The van der Waals surface area contributed by atoms with Crippen molar-refractivity contribution in [2.75, 3.05) is 6.61 Å². The van der Waals surface area contributed by atoms with Crippen LogP contribution in [0, 0.1) is 0 Å². The third kappa shape index (κ3) is 8.44. The minimum atomic E-state index is 0.200. The maximum Gasteiger partial charge on any atom is 0.124 e. The van der Waals surface area contributed by atoms with Crippen molar-refractivity contribution in [3.05, 3.63) is 132 Å². The molecule has 7 nitrogen and oxygen atoms in total. The Balaban J connectivity index is 0.000000179. The van der Waals surface area contributed by atoms with Crippen molar-refractivity contribution >= 4 is 45.3 Å². The number of rotatable bonds is 5. The second-order valence-electron chi connectivity index (χ2n) is 9.71. The Kier molecular flexibility index (Phi) is 11.0. The van der Waals surface area contributed by atoms with Crippen molar-refractivity contribution in [1.29, 1.82) is 0 Å². The van der Waals surface area contributed by atoms with E-state index < -0.39 is 0 Å². The lowest BCUT2D eigenvalue weighted by atomic mass is 10.0. The van der Waals surface area contributed by atoms with E-state index in [1.54, 1.807) is 73.1 Å². The van der Waals surface area contributed by atoms with Gasteiger partial charge in [0.15, 0.2) is 0 Å². The predicted octanol–water partition coefficient (Wildman–Crippen LogP) is 8.39. The maximum absolute atomic E-state index is 10.00. The van der Waals surface area contributed by atoms with Crippen molar-refractivity contribution in [1.82, 2.24) is 0 Å². The lowest BCUT2D eigenvalue weighted by molar-refractivity contribution is 0.295. The Hall–Kier alpha value is -5.66. The fraction of sp³-hybridized carbons (Fsp3) is 0.0811. The highest BCUT2D eigenvalue weighted by Crippen LogP contribution is 2.28. The van der Waals surface area contributed by atoms with Crippen LogP contribution in [0.25, 0.3) is 21.5 Å². The van der Waals surface area contributed by atoms with Crippen LogP contribution in [0.1, 0.15) is 24.5 Å². The van der Waals surface area contributed by atoms with Gasteiger partial charge in [0, 0.05) is 30.2 Å². The van der Waals surface area contributed by atoms with E-state index in [1.165, 1.54) is 0 Å². The number of aliphatic hydroxyl groups excluding tert-OH is 1. The molecule has 0 fully saturated rings. The zero-order valence-corrected chi connectivity index (χ0v) is 24.2. The molecule has 0 bridgehead atoms. The molecule has 0 heterocycles. The van der Waals surface area contributed by atoms with Gasteiger partial charge in [0.2, 0.25) is 0 Å². The van der Waals surface area contributed by atoms with Gasteiger partial charge in [-0.05, 0) is 88.6 Å². The quantitative estimate of drug-likeness (QED) is 0.130. The van der Waals surface area contributed by atoms with E-state index in [-0.39, 0.29) is 23.0 Å². The largest absolute Gasteiger partial charge is 0.508 e. The summed E-state index contributed by atoms with van der Waals surface area (Å²) in [4.78, 5) is 8.66. The van der Waals surface area contributed by atoms with Crippen molar-refractivity contribution in [2.45, 2.75) is 13.3 Å². The first-order valence-corrected chi connectivity index (χ1v) is 14.1. The minimum Gasteiger partial charge on any atom is -0.508 e. The molecule has 0 amide bonds. The van der Waals surface area contributed by atoms with Gasteiger partial charge in [0.25, 0.3) is 0 Å². The van der Waals surface area contributed by atoms with Crippen LogP contribution in [0.3, 0.4) is 0 Å². The van der Waals surface area contributed by atoms with Gasteiger partial charge in [-0.25, -0.2) is 0 Å². The van der Waals surface area contributed by atoms with Gasteiger partial charge in [0.1, 0.15) is 23.0 Å². The van der Waals surface area contributed by atoms with Crippen LogP contribution >= 0.6 is 0 Å². The maximum atomic E-state index is 10.00. The molecule has 0 atom stereocenters. The molecule has 6 rings (SSSR count). The average molecular weight is 587 g/mol. The molecule has 5 N–H and O–H groups in total. The summed E-state index contributed by atoms with van der Waals surface area (Å²) in [5.41, 5.74) is 2.82. The molecule has 0 radical (unpaired) electrons. The minimum absolute atomic E-state index is 0.200. The molecular formula is C37H34N2O5. The SMILES string of the molecule is CCCO.Oc1ccc(N=Cc2c(O)ccc3ccccc23)cc1.Oc1ccc(N=Cc2c(O)ccc3ccccc23)cc1. The van der Waals surface area contributed by atoms with Crippen LogP contribution in [0.2, 0.25) is 0 Å². The van der Waals surface area contributed by atoms with E-state index in [0.717, 1.165) is 39.3 Å². The van der Waals surface area contributed by atoms with Crippen LogP contribution in [0.4, 0.5) is 11.4 Å². The highest BCUT2D eigenvalue weighted by molar-refractivity contribution is 6.03. The lowest BCUT2D eigenvalue weighted by Gasteiger charge is -2.04. The van der Waals surface area contributed by atoms with E-state index in [2.05, 4.69) is 9.98 Å². The topological polar surface area (TPSA) is 126 Å². The number of phenolic OH excluding ortho intramolecular Hbond substituents is 4. The molecule has 0 aromatic heterocycles. The van der Waals surface area contributed by atoms with Crippen LogP contribution in [0.5, 0.6) is 23.0 Å². The Morgan fingerprint density at radius 1 is 0.500 bits per heavy atom. The summed E-state index contributed by atoms with van der Waals surface area (Å²) >= 11 is 0. The molecule has 7 heteroatoms. The predicted molar refractivity (Wildman–Crippen MR) is 179 cm³/mol. The fourth-order valence-electron chi connectivity index (χ4n) is 4.20.